The van der Waals surface area contributed by atoms with Crippen LogP contribution >= 0.6 is 0 Å². The van der Waals surface area contributed by atoms with Crippen molar-refractivity contribution < 1.29 is 23.1 Å². The summed E-state index contributed by atoms with van der Waals surface area (Å²) in [5.74, 6) is -0.0318. The molecule has 1 aromatic heterocycles. The zero-order valence-corrected chi connectivity index (χ0v) is 20.6. The van der Waals surface area contributed by atoms with Crippen molar-refractivity contribution in [3.63, 3.8) is 0 Å². The molecule has 0 radical (unpaired) electrons. The number of rotatable bonds is 8. The van der Waals surface area contributed by atoms with E-state index in [1.807, 2.05) is 24.3 Å². The van der Waals surface area contributed by atoms with Crippen molar-refractivity contribution in [3.8, 4) is 17.5 Å². The van der Waals surface area contributed by atoms with Crippen LogP contribution in [0, 0.1) is 17.2 Å². The summed E-state index contributed by atoms with van der Waals surface area (Å²) in [6.45, 7) is 0.809. The van der Waals surface area contributed by atoms with Gasteiger partial charge in [-0.15, -0.1) is 0 Å². The number of hydrogen-bond acceptors (Lipinski definition) is 5. The van der Waals surface area contributed by atoms with Gasteiger partial charge < -0.3 is 15.7 Å². The Hall–Kier alpha value is -4.62. The molecule has 3 N–H and O–H groups in total. The summed E-state index contributed by atoms with van der Waals surface area (Å²) < 4.78 is 41.4. The van der Waals surface area contributed by atoms with Crippen molar-refractivity contribution in [2.75, 3.05) is 11.9 Å². The number of amides is 1. The summed E-state index contributed by atoms with van der Waals surface area (Å²) in [7, 11) is 0. The minimum Gasteiger partial charge on any atom is -0.508 e. The normalized spacial score (nSPS) is 14.0. The predicted molar refractivity (Wildman–Crippen MR) is 138 cm³/mol. The highest BCUT2D eigenvalue weighted by Gasteiger charge is 2.36. The number of aromatic hydroxyl groups is 1. The Morgan fingerprint density at radius 2 is 1.79 bits per heavy atom. The third-order valence-corrected chi connectivity index (χ3v) is 6.46. The first kappa shape index (κ1) is 26.0. The van der Waals surface area contributed by atoms with E-state index in [9.17, 15) is 28.3 Å². The second-order valence-corrected chi connectivity index (χ2v) is 9.44. The molecule has 1 aliphatic rings. The van der Waals surface area contributed by atoms with Gasteiger partial charge >= 0.3 is 6.18 Å². The molecule has 0 saturated heterocycles. The molecule has 198 valence electrons. The van der Waals surface area contributed by atoms with Gasteiger partial charge in [-0.1, -0.05) is 30.3 Å². The van der Waals surface area contributed by atoms with E-state index in [1.165, 1.54) is 24.3 Å². The molecule has 10 heteroatoms. The number of phenolic OH excluding ortho intramolecular Hbond substituents is 1. The number of nitriles is 1. The van der Waals surface area contributed by atoms with E-state index in [-0.39, 0.29) is 28.7 Å². The molecule has 1 fully saturated rings. The van der Waals surface area contributed by atoms with E-state index in [1.54, 1.807) is 30.3 Å². The monoisotopic (exact) mass is 531 g/mol. The maximum atomic E-state index is 13.5. The average molecular weight is 532 g/mol. The van der Waals surface area contributed by atoms with Crippen LogP contribution in [-0.4, -0.2) is 27.3 Å². The molecule has 1 heterocycles. The molecule has 39 heavy (non-hydrogen) atoms. The molecule has 0 bridgehead atoms. The van der Waals surface area contributed by atoms with Crippen LogP contribution in [0.25, 0.3) is 5.69 Å². The lowest BCUT2D eigenvalue weighted by atomic mass is 9.97. The number of carbonyl (C=O) groups is 1. The topological polar surface area (TPSA) is 103 Å². The largest absolute Gasteiger partial charge is 0.508 e. The standard InChI is InChI=1S/C29H24F3N5O2/c30-29(31,32)26-15-25(37(36-26)23-6-1-3-19(13-23)16-33)28(39)35-22-5-2-4-21(14-22)27(34-17-18-7-8-18)20-9-11-24(38)12-10-20/h1-6,9-15,18,27,34,38H,7-8,17H2,(H,35,39). The number of nitrogens with zero attached hydrogens (tertiary/aromatic N) is 3. The minimum atomic E-state index is -4.77. The first-order valence-corrected chi connectivity index (χ1v) is 12.3. The first-order valence-electron chi connectivity index (χ1n) is 12.3. The van der Waals surface area contributed by atoms with Gasteiger partial charge in [-0.25, -0.2) is 4.68 Å². The molecule has 0 spiro atoms. The lowest BCUT2D eigenvalue weighted by Crippen LogP contribution is -2.25. The van der Waals surface area contributed by atoms with E-state index in [0.29, 0.717) is 17.7 Å². The molecule has 7 nitrogen and oxygen atoms in total. The fraction of sp³-hybridized carbons (Fsp3) is 0.207. The van der Waals surface area contributed by atoms with E-state index in [2.05, 4.69) is 15.7 Å². The maximum Gasteiger partial charge on any atom is 0.435 e. The smallest absolute Gasteiger partial charge is 0.435 e. The third kappa shape index (κ3) is 6.10. The Balaban J connectivity index is 1.45. The molecular weight excluding hydrogens is 507 g/mol. The quantitative estimate of drug-likeness (QED) is 0.266. The van der Waals surface area contributed by atoms with Crippen LogP contribution in [0.5, 0.6) is 5.75 Å². The van der Waals surface area contributed by atoms with E-state index in [0.717, 1.165) is 35.2 Å². The highest BCUT2D eigenvalue weighted by atomic mass is 19.4. The van der Waals surface area contributed by atoms with Gasteiger partial charge in [-0.05, 0) is 78.9 Å². The Labute approximate surface area is 222 Å². The van der Waals surface area contributed by atoms with Crippen molar-refractivity contribution in [1.82, 2.24) is 15.1 Å². The number of halogens is 3. The second kappa shape index (κ2) is 10.6. The summed E-state index contributed by atoms with van der Waals surface area (Å²) in [5.41, 5.74) is 0.967. The summed E-state index contributed by atoms with van der Waals surface area (Å²) in [6, 6.07) is 22.1. The Morgan fingerprint density at radius 3 is 2.49 bits per heavy atom. The van der Waals surface area contributed by atoms with E-state index in [4.69, 9.17) is 0 Å². The van der Waals surface area contributed by atoms with Crippen molar-refractivity contribution in [2.45, 2.75) is 25.1 Å². The highest BCUT2D eigenvalue weighted by molar-refractivity contribution is 6.03. The van der Waals surface area contributed by atoms with Crippen LogP contribution < -0.4 is 10.6 Å². The number of anilines is 1. The fourth-order valence-electron chi connectivity index (χ4n) is 4.28. The summed E-state index contributed by atoms with van der Waals surface area (Å²) in [4.78, 5) is 13.3. The van der Waals surface area contributed by atoms with Gasteiger partial charge in [-0.3, -0.25) is 4.79 Å². The summed E-state index contributed by atoms with van der Waals surface area (Å²) in [6.07, 6.45) is -2.44. The van der Waals surface area contributed by atoms with Gasteiger partial charge in [0.2, 0.25) is 0 Å². The first-order chi connectivity index (χ1) is 18.7. The molecule has 1 unspecified atom stereocenters. The number of benzene rings is 3. The molecule has 4 aromatic rings. The van der Waals surface area contributed by atoms with Crippen LogP contribution in [0.3, 0.4) is 0 Å². The van der Waals surface area contributed by atoms with E-state index >= 15 is 0 Å². The number of nitrogens with one attached hydrogen (secondary N) is 2. The number of alkyl halides is 3. The fourth-order valence-corrected chi connectivity index (χ4v) is 4.28. The summed E-state index contributed by atoms with van der Waals surface area (Å²) >= 11 is 0. The lowest BCUT2D eigenvalue weighted by molar-refractivity contribution is -0.141. The number of aromatic nitrogens is 2. The molecule has 5 rings (SSSR count). The molecular formula is C29H24F3N5O2. The van der Waals surface area contributed by atoms with Gasteiger partial charge in [-0.2, -0.15) is 23.5 Å². The predicted octanol–water partition coefficient (Wildman–Crippen LogP) is 5.81. The molecule has 0 aliphatic heterocycles. The molecule has 3 aromatic carbocycles. The van der Waals surface area contributed by atoms with Crippen molar-refractivity contribution in [2.24, 2.45) is 5.92 Å². The Kier molecular flexibility index (Phi) is 7.09. The van der Waals surface area contributed by atoms with Crippen LogP contribution in [0.1, 0.15) is 51.8 Å². The zero-order chi connectivity index (χ0) is 27.6. The van der Waals surface area contributed by atoms with Gasteiger partial charge in [0, 0.05) is 11.8 Å². The van der Waals surface area contributed by atoms with Gasteiger partial charge in [0.25, 0.3) is 5.91 Å². The maximum absolute atomic E-state index is 13.5. The van der Waals surface area contributed by atoms with Gasteiger partial charge in [0.1, 0.15) is 11.4 Å². The van der Waals surface area contributed by atoms with Crippen LogP contribution in [0.4, 0.5) is 18.9 Å². The Bertz CT molecular complexity index is 1540. The molecule has 1 aliphatic carbocycles. The number of hydrogen-bond donors (Lipinski definition) is 3. The Morgan fingerprint density at radius 1 is 1.05 bits per heavy atom. The van der Waals surface area contributed by atoms with Crippen molar-refractivity contribution in [1.29, 1.82) is 5.26 Å². The van der Waals surface area contributed by atoms with Gasteiger partial charge in [0.15, 0.2) is 5.69 Å². The molecule has 1 amide bonds. The average Bonchev–Trinajstić information content (AvgIpc) is 3.63. The third-order valence-electron chi connectivity index (χ3n) is 6.46. The summed E-state index contributed by atoms with van der Waals surface area (Å²) in [5, 5.41) is 28.8. The van der Waals surface area contributed by atoms with Crippen LogP contribution in [0.15, 0.2) is 78.9 Å². The van der Waals surface area contributed by atoms with Crippen LogP contribution in [-0.2, 0) is 6.18 Å². The van der Waals surface area contributed by atoms with Gasteiger partial charge in [0.05, 0.1) is 23.4 Å². The van der Waals surface area contributed by atoms with E-state index < -0.39 is 17.8 Å². The molecule has 1 atom stereocenters. The lowest BCUT2D eigenvalue weighted by Gasteiger charge is -2.21. The van der Waals surface area contributed by atoms with Crippen LogP contribution in [0.2, 0.25) is 0 Å². The second-order valence-electron chi connectivity index (χ2n) is 9.44. The zero-order valence-electron chi connectivity index (χ0n) is 20.6. The SMILES string of the molecule is N#Cc1cccc(-n2nc(C(F)(F)F)cc2C(=O)Nc2cccc(C(NCC3CC3)c3ccc(O)cc3)c2)c1. The highest BCUT2D eigenvalue weighted by Crippen LogP contribution is 2.32. The number of phenols is 1. The molecule has 1 saturated carbocycles. The minimum absolute atomic E-state index is 0.149. The van der Waals surface area contributed by atoms with Crippen molar-refractivity contribution in [3.05, 3.63) is 107 Å². The number of carbonyl (C=O) groups excluding carboxylic acids is 1. The van der Waals surface area contributed by atoms with Crippen molar-refractivity contribution >= 4 is 11.6 Å².